The van der Waals surface area contributed by atoms with Crippen molar-refractivity contribution in [2.45, 2.75) is 33.4 Å². The lowest BCUT2D eigenvalue weighted by Crippen LogP contribution is -2.48. The predicted molar refractivity (Wildman–Crippen MR) is 92.9 cm³/mol. The van der Waals surface area contributed by atoms with Gasteiger partial charge in [-0.05, 0) is 44.0 Å². The van der Waals surface area contributed by atoms with Gasteiger partial charge in [0.25, 0.3) is 0 Å². The molecule has 1 heterocycles. The third kappa shape index (κ3) is 4.41. The van der Waals surface area contributed by atoms with Crippen LogP contribution in [0.5, 0.6) is 0 Å². The van der Waals surface area contributed by atoms with Crippen LogP contribution >= 0.6 is 0 Å². The first-order valence-electron chi connectivity index (χ1n) is 7.94. The second kappa shape index (κ2) is 7.73. The van der Waals surface area contributed by atoms with E-state index in [1.807, 2.05) is 49.4 Å². The summed E-state index contributed by atoms with van der Waals surface area (Å²) in [7, 11) is 0. The van der Waals surface area contributed by atoms with E-state index >= 15 is 0 Å². The number of hydrogen-bond acceptors (Lipinski definition) is 3. The Morgan fingerprint density at radius 3 is 2.29 bits per heavy atom. The van der Waals surface area contributed by atoms with Crippen LogP contribution < -0.4 is 10.6 Å². The van der Waals surface area contributed by atoms with Crippen molar-refractivity contribution in [1.82, 2.24) is 15.6 Å². The summed E-state index contributed by atoms with van der Waals surface area (Å²) in [6, 6.07) is 13.1. The Labute approximate surface area is 142 Å². The number of nitrogens with zero attached hydrogens (tertiary/aromatic N) is 1. The van der Waals surface area contributed by atoms with Crippen LogP contribution in [0.1, 0.15) is 37.9 Å². The third-order valence-electron chi connectivity index (χ3n) is 3.98. The first-order valence-corrected chi connectivity index (χ1v) is 7.94. The lowest BCUT2D eigenvalue weighted by Gasteiger charge is -2.25. The maximum Gasteiger partial charge on any atom is 0.235 e. The smallest absolute Gasteiger partial charge is 0.235 e. The minimum Gasteiger partial charge on any atom is -0.351 e. The molecule has 1 aromatic carbocycles. The predicted octanol–water partition coefficient (Wildman–Crippen LogP) is 2.60. The summed E-state index contributed by atoms with van der Waals surface area (Å²) in [6.07, 6.45) is 3.34. The molecule has 2 aromatic rings. The number of benzene rings is 1. The number of pyridine rings is 1. The van der Waals surface area contributed by atoms with Gasteiger partial charge in [0.05, 0.1) is 6.04 Å². The van der Waals surface area contributed by atoms with E-state index < -0.39 is 5.41 Å². The first-order chi connectivity index (χ1) is 11.4. The summed E-state index contributed by atoms with van der Waals surface area (Å²) >= 11 is 0. The summed E-state index contributed by atoms with van der Waals surface area (Å²) < 4.78 is 0. The maximum atomic E-state index is 12.5. The summed E-state index contributed by atoms with van der Waals surface area (Å²) in [5, 5.41) is 5.71. The van der Waals surface area contributed by atoms with E-state index in [0.29, 0.717) is 6.54 Å². The highest BCUT2D eigenvalue weighted by atomic mass is 16.2. The molecule has 5 nitrogen and oxygen atoms in total. The molecule has 0 aliphatic rings. The van der Waals surface area contributed by atoms with Crippen LogP contribution in [-0.2, 0) is 16.1 Å². The molecule has 1 unspecified atom stereocenters. The molecule has 1 aromatic heterocycles. The van der Waals surface area contributed by atoms with E-state index in [9.17, 15) is 9.59 Å². The quantitative estimate of drug-likeness (QED) is 0.802. The van der Waals surface area contributed by atoms with Gasteiger partial charge >= 0.3 is 0 Å². The van der Waals surface area contributed by atoms with Gasteiger partial charge in [0.15, 0.2) is 0 Å². The lowest BCUT2D eigenvalue weighted by molar-refractivity contribution is -0.141. The third-order valence-corrected chi connectivity index (χ3v) is 3.98. The fourth-order valence-electron chi connectivity index (χ4n) is 2.21. The number of carbonyl (C=O) groups is 2. The molecule has 126 valence electrons. The molecule has 2 amide bonds. The monoisotopic (exact) mass is 325 g/mol. The number of amides is 2. The van der Waals surface area contributed by atoms with Gasteiger partial charge < -0.3 is 10.6 Å². The molecule has 0 fully saturated rings. The Balaban J connectivity index is 1.95. The van der Waals surface area contributed by atoms with Crippen LogP contribution in [0.3, 0.4) is 0 Å². The standard InChI is InChI=1S/C19H23N3O2/c1-14(16-7-5-4-6-8-16)22-18(24)19(2,3)17(23)21-13-15-9-11-20-12-10-15/h4-12,14H,13H2,1-3H3,(H,21,23)(H,22,24). The van der Waals surface area contributed by atoms with E-state index in [2.05, 4.69) is 15.6 Å². The zero-order valence-corrected chi connectivity index (χ0v) is 14.2. The molecule has 2 N–H and O–H groups in total. The SMILES string of the molecule is CC(NC(=O)C(C)(C)C(=O)NCc1ccncc1)c1ccccc1. The molecule has 0 aliphatic heterocycles. The molecule has 0 bridgehead atoms. The van der Waals surface area contributed by atoms with Crippen LogP contribution in [-0.4, -0.2) is 16.8 Å². The number of aromatic nitrogens is 1. The van der Waals surface area contributed by atoms with Crippen LogP contribution in [0, 0.1) is 5.41 Å². The normalized spacial score (nSPS) is 12.3. The Morgan fingerprint density at radius 1 is 1.04 bits per heavy atom. The minimum atomic E-state index is -1.16. The van der Waals surface area contributed by atoms with Crippen LogP contribution in [0.25, 0.3) is 0 Å². The minimum absolute atomic E-state index is 0.161. The Kier molecular flexibility index (Phi) is 5.68. The van der Waals surface area contributed by atoms with Gasteiger partial charge in [-0.1, -0.05) is 30.3 Å². The fourth-order valence-corrected chi connectivity index (χ4v) is 2.21. The highest BCUT2D eigenvalue weighted by molar-refractivity contribution is 6.04. The van der Waals surface area contributed by atoms with E-state index in [1.165, 1.54) is 0 Å². The largest absolute Gasteiger partial charge is 0.351 e. The van der Waals surface area contributed by atoms with Gasteiger partial charge in [-0.25, -0.2) is 0 Å². The van der Waals surface area contributed by atoms with Crippen LogP contribution in [0.4, 0.5) is 0 Å². The average Bonchev–Trinajstić information content (AvgIpc) is 2.61. The van der Waals surface area contributed by atoms with Crippen molar-refractivity contribution >= 4 is 11.8 Å². The van der Waals surface area contributed by atoms with E-state index in [1.54, 1.807) is 26.2 Å². The Morgan fingerprint density at radius 2 is 1.67 bits per heavy atom. The van der Waals surface area contributed by atoms with Gasteiger partial charge in [-0.2, -0.15) is 0 Å². The van der Waals surface area contributed by atoms with E-state index in [4.69, 9.17) is 0 Å². The van der Waals surface area contributed by atoms with E-state index in [-0.39, 0.29) is 17.9 Å². The summed E-state index contributed by atoms with van der Waals surface area (Å²) in [4.78, 5) is 28.9. The van der Waals surface area contributed by atoms with Gasteiger partial charge in [-0.15, -0.1) is 0 Å². The molecule has 0 saturated heterocycles. The molecule has 0 saturated carbocycles. The number of hydrogen-bond donors (Lipinski definition) is 2. The van der Waals surface area contributed by atoms with Crippen molar-refractivity contribution in [3.63, 3.8) is 0 Å². The van der Waals surface area contributed by atoms with E-state index in [0.717, 1.165) is 11.1 Å². The number of rotatable bonds is 6. The molecule has 1 atom stereocenters. The molecule has 2 rings (SSSR count). The number of nitrogens with one attached hydrogen (secondary N) is 2. The van der Waals surface area contributed by atoms with Gasteiger partial charge in [0, 0.05) is 18.9 Å². The molecule has 0 aliphatic carbocycles. The van der Waals surface area contributed by atoms with Crippen molar-refractivity contribution in [3.05, 3.63) is 66.0 Å². The van der Waals surface area contributed by atoms with Crippen molar-refractivity contribution in [1.29, 1.82) is 0 Å². The van der Waals surface area contributed by atoms with Gasteiger partial charge in [-0.3, -0.25) is 14.6 Å². The summed E-state index contributed by atoms with van der Waals surface area (Å²) in [5.74, 6) is -0.608. The second-order valence-corrected chi connectivity index (χ2v) is 6.27. The molecule has 5 heteroatoms. The summed E-state index contributed by atoms with van der Waals surface area (Å²) in [5.41, 5.74) is 0.779. The average molecular weight is 325 g/mol. The highest BCUT2D eigenvalue weighted by Crippen LogP contribution is 2.19. The van der Waals surface area contributed by atoms with Crippen molar-refractivity contribution in [2.24, 2.45) is 5.41 Å². The first kappa shape index (κ1) is 17.7. The fraction of sp³-hybridized carbons (Fsp3) is 0.316. The van der Waals surface area contributed by atoms with Crippen molar-refractivity contribution in [2.75, 3.05) is 0 Å². The molecular formula is C19H23N3O2. The van der Waals surface area contributed by atoms with Crippen molar-refractivity contribution in [3.8, 4) is 0 Å². The summed E-state index contributed by atoms with van der Waals surface area (Å²) in [6.45, 7) is 5.52. The molecule has 24 heavy (non-hydrogen) atoms. The van der Waals surface area contributed by atoms with Crippen molar-refractivity contribution < 1.29 is 9.59 Å². The zero-order chi connectivity index (χ0) is 17.6. The molecule has 0 spiro atoms. The maximum absolute atomic E-state index is 12.5. The Hall–Kier alpha value is -2.69. The Bertz CT molecular complexity index is 684. The molecule has 0 radical (unpaired) electrons. The highest BCUT2D eigenvalue weighted by Gasteiger charge is 2.36. The lowest BCUT2D eigenvalue weighted by atomic mass is 9.90. The topological polar surface area (TPSA) is 71.1 Å². The van der Waals surface area contributed by atoms with Crippen LogP contribution in [0.15, 0.2) is 54.9 Å². The zero-order valence-electron chi connectivity index (χ0n) is 14.2. The second-order valence-electron chi connectivity index (χ2n) is 6.27. The van der Waals surface area contributed by atoms with Gasteiger partial charge in [0.2, 0.25) is 11.8 Å². The van der Waals surface area contributed by atoms with Crippen LogP contribution in [0.2, 0.25) is 0 Å². The van der Waals surface area contributed by atoms with Gasteiger partial charge in [0.1, 0.15) is 5.41 Å². The molecular weight excluding hydrogens is 302 g/mol. The number of carbonyl (C=O) groups excluding carboxylic acids is 2.